The van der Waals surface area contributed by atoms with Gasteiger partial charge in [-0.05, 0) is 25.1 Å². The Hall–Kier alpha value is -0.970. The Morgan fingerprint density at radius 2 is 2.25 bits per heavy atom. The number of nitrogens with two attached hydrogens (primary N) is 1. The second-order valence-corrected chi connectivity index (χ2v) is 3.77. The molecule has 0 spiro atoms. The van der Waals surface area contributed by atoms with Crippen molar-refractivity contribution in [3.05, 3.63) is 30.1 Å². The Kier molecular flexibility index (Phi) is 6.00. The SMILES string of the molecule is CCCN(CCO)C(CN)c1ccccn1. The number of aliphatic hydroxyl groups excluding tert-OH is 1. The first kappa shape index (κ1) is 13.1. The van der Waals surface area contributed by atoms with Crippen LogP contribution in [0.15, 0.2) is 24.4 Å². The highest BCUT2D eigenvalue weighted by Crippen LogP contribution is 2.16. The number of aromatic nitrogens is 1. The van der Waals surface area contributed by atoms with E-state index in [2.05, 4.69) is 16.8 Å². The molecule has 0 saturated heterocycles. The molecular formula is C12H21N3O. The van der Waals surface area contributed by atoms with Crippen molar-refractivity contribution in [2.24, 2.45) is 5.73 Å². The van der Waals surface area contributed by atoms with Gasteiger partial charge < -0.3 is 10.8 Å². The van der Waals surface area contributed by atoms with Gasteiger partial charge >= 0.3 is 0 Å². The fourth-order valence-electron chi connectivity index (χ4n) is 1.87. The molecule has 0 fully saturated rings. The van der Waals surface area contributed by atoms with Gasteiger partial charge in [-0.25, -0.2) is 0 Å². The van der Waals surface area contributed by atoms with Gasteiger partial charge in [0, 0.05) is 19.3 Å². The Bertz CT molecular complexity index is 273. The fraction of sp³-hybridized carbons (Fsp3) is 0.583. The first-order chi connectivity index (χ1) is 7.83. The van der Waals surface area contributed by atoms with Crippen molar-refractivity contribution in [2.45, 2.75) is 19.4 Å². The van der Waals surface area contributed by atoms with Crippen LogP contribution in [0.25, 0.3) is 0 Å². The van der Waals surface area contributed by atoms with Crippen molar-refractivity contribution < 1.29 is 5.11 Å². The maximum absolute atomic E-state index is 9.05. The van der Waals surface area contributed by atoms with Gasteiger partial charge in [0.2, 0.25) is 0 Å². The van der Waals surface area contributed by atoms with E-state index >= 15 is 0 Å². The Balaban J connectivity index is 2.77. The highest BCUT2D eigenvalue weighted by atomic mass is 16.3. The molecule has 0 aliphatic carbocycles. The molecule has 90 valence electrons. The van der Waals surface area contributed by atoms with Crippen molar-refractivity contribution in [2.75, 3.05) is 26.2 Å². The molecule has 0 aliphatic rings. The molecule has 4 nitrogen and oxygen atoms in total. The van der Waals surface area contributed by atoms with E-state index in [0.29, 0.717) is 13.1 Å². The molecule has 0 amide bonds. The lowest BCUT2D eigenvalue weighted by Crippen LogP contribution is -2.36. The lowest BCUT2D eigenvalue weighted by atomic mass is 10.1. The summed E-state index contributed by atoms with van der Waals surface area (Å²) in [6.07, 6.45) is 2.82. The van der Waals surface area contributed by atoms with Gasteiger partial charge in [0.15, 0.2) is 0 Å². The number of aliphatic hydroxyl groups is 1. The van der Waals surface area contributed by atoms with Crippen LogP contribution in [0, 0.1) is 0 Å². The van der Waals surface area contributed by atoms with E-state index in [0.717, 1.165) is 18.7 Å². The molecule has 16 heavy (non-hydrogen) atoms. The molecular weight excluding hydrogens is 202 g/mol. The summed E-state index contributed by atoms with van der Waals surface area (Å²) in [5, 5.41) is 9.05. The first-order valence-corrected chi connectivity index (χ1v) is 5.79. The van der Waals surface area contributed by atoms with Crippen molar-refractivity contribution in [3.8, 4) is 0 Å². The van der Waals surface area contributed by atoms with Crippen LogP contribution in [0.3, 0.4) is 0 Å². The van der Waals surface area contributed by atoms with E-state index in [4.69, 9.17) is 10.8 Å². The number of pyridine rings is 1. The third kappa shape index (κ3) is 3.56. The van der Waals surface area contributed by atoms with Crippen molar-refractivity contribution in [1.82, 2.24) is 9.88 Å². The van der Waals surface area contributed by atoms with Gasteiger partial charge in [-0.2, -0.15) is 0 Å². The summed E-state index contributed by atoms with van der Waals surface area (Å²) in [5.74, 6) is 0. The van der Waals surface area contributed by atoms with E-state index in [9.17, 15) is 0 Å². The molecule has 1 unspecified atom stereocenters. The van der Waals surface area contributed by atoms with Crippen LogP contribution < -0.4 is 5.73 Å². The summed E-state index contributed by atoms with van der Waals surface area (Å²) in [6, 6.07) is 5.95. The quantitative estimate of drug-likeness (QED) is 0.717. The minimum atomic E-state index is 0.105. The van der Waals surface area contributed by atoms with Gasteiger partial charge in [0.05, 0.1) is 18.3 Å². The van der Waals surface area contributed by atoms with E-state index in [1.807, 2.05) is 18.2 Å². The number of nitrogens with zero attached hydrogens (tertiary/aromatic N) is 2. The summed E-state index contributed by atoms with van der Waals surface area (Å²) in [7, 11) is 0. The van der Waals surface area contributed by atoms with Crippen LogP contribution in [-0.4, -0.2) is 41.2 Å². The second-order valence-electron chi connectivity index (χ2n) is 3.77. The van der Waals surface area contributed by atoms with Crippen molar-refractivity contribution in [1.29, 1.82) is 0 Å². The first-order valence-electron chi connectivity index (χ1n) is 5.79. The van der Waals surface area contributed by atoms with Gasteiger partial charge in [-0.15, -0.1) is 0 Å². The second kappa shape index (κ2) is 7.33. The molecule has 1 heterocycles. The predicted octanol–water partition coefficient (Wildman–Crippen LogP) is 0.786. The summed E-state index contributed by atoms with van der Waals surface area (Å²) in [5.41, 5.74) is 6.78. The molecule has 1 atom stereocenters. The minimum absolute atomic E-state index is 0.105. The molecule has 1 aromatic rings. The Morgan fingerprint density at radius 1 is 1.44 bits per heavy atom. The Labute approximate surface area is 97.1 Å². The van der Waals surface area contributed by atoms with E-state index < -0.39 is 0 Å². The molecule has 3 N–H and O–H groups in total. The lowest BCUT2D eigenvalue weighted by Gasteiger charge is -2.29. The third-order valence-electron chi connectivity index (χ3n) is 2.59. The van der Waals surface area contributed by atoms with E-state index in [1.165, 1.54) is 0 Å². The zero-order valence-electron chi connectivity index (χ0n) is 9.84. The average Bonchev–Trinajstić information content (AvgIpc) is 2.32. The molecule has 1 rings (SSSR count). The molecule has 1 aromatic heterocycles. The van der Waals surface area contributed by atoms with Crippen LogP contribution in [0.5, 0.6) is 0 Å². The fourth-order valence-corrected chi connectivity index (χ4v) is 1.87. The number of rotatable bonds is 7. The molecule has 4 heteroatoms. The predicted molar refractivity (Wildman–Crippen MR) is 65.0 cm³/mol. The van der Waals surface area contributed by atoms with Crippen LogP contribution in [0.2, 0.25) is 0 Å². The summed E-state index contributed by atoms with van der Waals surface area (Å²) in [6.45, 7) is 4.38. The summed E-state index contributed by atoms with van der Waals surface area (Å²) >= 11 is 0. The zero-order chi connectivity index (χ0) is 11.8. The standard InChI is InChI=1S/C12H21N3O/c1-2-7-15(8-9-16)12(10-13)11-5-3-4-6-14-11/h3-6,12,16H,2,7-10,13H2,1H3. The van der Waals surface area contributed by atoms with Crippen molar-refractivity contribution >= 4 is 0 Å². The van der Waals surface area contributed by atoms with E-state index in [1.54, 1.807) is 6.20 Å². The zero-order valence-corrected chi connectivity index (χ0v) is 9.84. The maximum atomic E-state index is 9.05. The van der Waals surface area contributed by atoms with Gasteiger partial charge in [0.1, 0.15) is 0 Å². The van der Waals surface area contributed by atoms with Crippen LogP contribution in [0.4, 0.5) is 0 Å². The Morgan fingerprint density at radius 3 is 2.75 bits per heavy atom. The largest absolute Gasteiger partial charge is 0.395 e. The van der Waals surface area contributed by atoms with Gasteiger partial charge in [-0.1, -0.05) is 13.0 Å². The average molecular weight is 223 g/mol. The van der Waals surface area contributed by atoms with Crippen LogP contribution in [0.1, 0.15) is 25.1 Å². The minimum Gasteiger partial charge on any atom is -0.395 e. The normalized spacial score (nSPS) is 13.0. The number of hydrogen-bond donors (Lipinski definition) is 2. The highest BCUT2D eigenvalue weighted by molar-refractivity contribution is 5.09. The van der Waals surface area contributed by atoms with Crippen molar-refractivity contribution in [3.63, 3.8) is 0 Å². The number of hydrogen-bond acceptors (Lipinski definition) is 4. The van der Waals surface area contributed by atoms with Crippen LogP contribution >= 0.6 is 0 Å². The lowest BCUT2D eigenvalue weighted by molar-refractivity contribution is 0.151. The molecule has 0 radical (unpaired) electrons. The maximum Gasteiger partial charge on any atom is 0.0645 e. The topological polar surface area (TPSA) is 62.4 Å². The van der Waals surface area contributed by atoms with Gasteiger partial charge in [0.25, 0.3) is 0 Å². The molecule has 0 bridgehead atoms. The smallest absolute Gasteiger partial charge is 0.0645 e. The summed E-state index contributed by atoms with van der Waals surface area (Å²) in [4.78, 5) is 6.51. The van der Waals surface area contributed by atoms with Gasteiger partial charge in [-0.3, -0.25) is 9.88 Å². The highest BCUT2D eigenvalue weighted by Gasteiger charge is 2.18. The molecule has 0 saturated carbocycles. The van der Waals surface area contributed by atoms with Crippen LogP contribution in [-0.2, 0) is 0 Å². The summed E-state index contributed by atoms with van der Waals surface area (Å²) < 4.78 is 0. The molecule has 0 aromatic carbocycles. The molecule has 0 aliphatic heterocycles. The third-order valence-corrected chi connectivity index (χ3v) is 2.59. The van der Waals surface area contributed by atoms with E-state index in [-0.39, 0.29) is 12.6 Å². The monoisotopic (exact) mass is 223 g/mol.